The van der Waals surface area contributed by atoms with Gasteiger partial charge >= 0.3 is 12.6 Å². The molecule has 2 N–H and O–H groups in total. The lowest BCUT2D eigenvalue weighted by Crippen LogP contribution is -2.37. The van der Waals surface area contributed by atoms with Crippen molar-refractivity contribution in [3.63, 3.8) is 0 Å². The maximum Gasteiger partial charge on any atom is 0.319 e. The Morgan fingerprint density at radius 2 is 2.04 bits per heavy atom. The largest absolute Gasteiger partial charge is 0.338 e. The molecular formula is C16H16F2N4O. The maximum absolute atomic E-state index is 12.6. The molecule has 0 radical (unpaired) electrons. The van der Waals surface area contributed by atoms with Gasteiger partial charge in [-0.1, -0.05) is 30.0 Å². The van der Waals surface area contributed by atoms with Gasteiger partial charge in [-0.15, -0.1) is 0 Å². The second-order valence-electron chi connectivity index (χ2n) is 4.56. The Balaban J connectivity index is 1.68. The van der Waals surface area contributed by atoms with Gasteiger partial charge in [0, 0.05) is 30.9 Å². The summed E-state index contributed by atoms with van der Waals surface area (Å²) in [7, 11) is 0. The van der Waals surface area contributed by atoms with Crippen molar-refractivity contribution < 1.29 is 13.6 Å². The van der Waals surface area contributed by atoms with E-state index in [4.69, 9.17) is 0 Å². The van der Waals surface area contributed by atoms with Gasteiger partial charge in [0.1, 0.15) is 5.82 Å². The number of aromatic nitrogens is 2. The molecule has 2 rings (SSSR count). The predicted octanol–water partition coefficient (Wildman–Crippen LogP) is 2.17. The van der Waals surface area contributed by atoms with Gasteiger partial charge in [0.2, 0.25) is 0 Å². The standard InChI is InChI=1S/C16H16F2N4O/c17-15(18)22-12-11-19-14(22)8-10-21-16(23)20-9-4-7-13-5-2-1-3-6-13/h1-3,5-6,11-12,15H,8-10H2,(H2,20,21,23). The highest BCUT2D eigenvalue weighted by Gasteiger charge is 2.10. The highest BCUT2D eigenvalue weighted by molar-refractivity contribution is 5.74. The molecule has 1 aromatic heterocycles. The fourth-order valence-electron chi connectivity index (χ4n) is 1.86. The molecule has 0 aliphatic rings. The van der Waals surface area contributed by atoms with E-state index in [0.717, 1.165) is 10.1 Å². The number of nitrogens with zero attached hydrogens (tertiary/aromatic N) is 2. The average Bonchev–Trinajstić information content (AvgIpc) is 3.01. The quantitative estimate of drug-likeness (QED) is 0.830. The third-order valence-electron chi connectivity index (χ3n) is 2.94. The Morgan fingerprint density at radius 1 is 1.26 bits per heavy atom. The van der Waals surface area contributed by atoms with Gasteiger partial charge in [-0.2, -0.15) is 8.78 Å². The van der Waals surface area contributed by atoms with Gasteiger partial charge in [0.25, 0.3) is 0 Å². The summed E-state index contributed by atoms with van der Waals surface area (Å²) < 4.78 is 26.0. The van der Waals surface area contributed by atoms with Gasteiger partial charge in [0.05, 0.1) is 6.54 Å². The lowest BCUT2D eigenvalue weighted by molar-refractivity contribution is 0.0670. The Bertz CT molecular complexity index is 689. The first-order valence-corrected chi connectivity index (χ1v) is 7.02. The molecular weight excluding hydrogens is 302 g/mol. The number of halogens is 2. The summed E-state index contributed by atoms with van der Waals surface area (Å²) in [6.45, 7) is -2.22. The van der Waals surface area contributed by atoms with Crippen LogP contribution in [0.5, 0.6) is 0 Å². The number of hydrogen-bond donors (Lipinski definition) is 2. The van der Waals surface area contributed by atoms with Crippen molar-refractivity contribution in [2.45, 2.75) is 13.0 Å². The van der Waals surface area contributed by atoms with Crippen LogP contribution in [-0.4, -0.2) is 28.7 Å². The van der Waals surface area contributed by atoms with Crippen molar-refractivity contribution in [1.82, 2.24) is 20.2 Å². The lowest BCUT2D eigenvalue weighted by Gasteiger charge is -2.07. The number of carbonyl (C=O) groups is 1. The smallest absolute Gasteiger partial charge is 0.319 e. The summed E-state index contributed by atoms with van der Waals surface area (Å²) >= 11 is 0. The number of amides is 2. The fourth-order valence-corrected chi connectivity index (χ4v) is 1.86. The van der Waals surface area contributed by atoms with Crippen molar-refractivity contribution in [3.05, 3.63) is 54.1 Å². The summed E-state index contributed by atoms with van der Waals surface area (Å²) in [6.07, 6.45) is 2.74. The number of rotatable bonds is 5. The molecule has 0 bridgehead atoms. The summed E-state index contributed by atoms with van der Waals surface area (Å²) in [5, 5.41) is 5.14. The second-order valence-corrected chi connectivity index (χ2v) is 4.56. The number of benzene rings is 1. The third kappa shape index (κ3) is 5.43. The summed E-state index contributed by atoms with van der Waals surface area (Å²) in [5.41, 5.74) is 0.869. The summed E-state index contributed by atoms with van der Waals surface area (Å²) in [4.78, 5) is 15.4. The van der Waals surface area contributed by atoms with E-state index in [0.29, 0.717) is 0 Å². The molecule has 1 heterocycles. The van der Waals surface area contributed by atoms with Crippen LogP contribution in [0, 0.1) is 11.8 Å². The molecule has 0 aliphatic carbocycles. The molecule has 23 heavy (non-hydrogen) atoms. The molecule has 2 amide bonds. The van der Waals surface area contributed by atoms with Gasteiger partial charge < -0.3 is 10.6 Å². The van der Waals surface area contributed by atoms with Crippen LogP contribution in [0.25, 0.3) is 0 Å². The van der Waals surface area contributed by atoms with Crippen molar-refractivity contribution in [3.8, 4) is 11.8 Å². The van der Waals surface area contributed by atoms with Crippen LogP contribution in [0.3, 0.4) is 0 Å². The van der Waals surface area contributed by atoms with Crippen LogP contribution in [-0.2, 0) is 6.42 Å². The van der Waals surface area contributed by atoms with Crippen LogP contribution in [0.4, 0.5) is 13.6 Å². The van der Waals surface area contributed by atoms with Crippen LogP contribution in [0.1, 0.15) is 17.9 Å². The Hall–Kier alpha value is -2.88. The van der Waals surface area contributed by atoms with E-state index in [-0.39, 0.29) is 25.3 Å². The van der Waals surface area contributed by atoms with Crippen LogP contribution < -0.4 is 10.6 Å². The minimum atomic E-state index is -2.63. The van der Waals surface area contributed by atoms with Gasteiger partial charge in [0.15, 0.2) is 0 Å². The van der Waals surface area contributed by atoms with E-state index in [9.17, 15) is 13.6 Å². The highest BCUT2D eigenvalue weighted by Crippen LogP contribution is 2.12. The van der Waals surface area contributed by atoms with Crippen LogP contribution >= 0.6 is 0 Å². The van der Waals surface area contributed by atoms with Crippen molar-refractivity contribution >= 4 is 6.03 Å². The van der Waals surface area contributed by atoms with E-state index in [2.05, 4.69) is 27.5 Å². The number of imidazole rings is 1. The minimum absolute atomic E-state index is 0.201. The monoisotopic (exact) mass is 318 g/mol. The van der Waals surface area contributed by atoms with Crippen molar-refractivity contribution in [1.29, 1.82) is 0 Å². The Morgan fingerprint density at radius 3 is 2.78 bits per heavy atom. The molecule has 0 aliphatic heterocycles. The number of nitrogens with one attached hydrogen (secondary N) is 2. The zero-order valence-corrected chi connectivity index (χ0v) is 12.3. The van der Waals surface area contributed by atoms with Gasteiger partial charge in [-0.3, -0.25) is 4.57 Å². The molecule has 0 spiro atoms. The number of carbonyl (C=O) groups excluding carboxylic acids is 1. The summed E-state index contributed by atoms with van der Waals surface area (Å²) in [6, 6.07) is 9.01. The van der Waals surface area contributed by atoms with E-state index in [1.807, 2.05) is 30.3 Å². The first-order valence-electron chi connectivity index (χ1n) is 7.02. The predicted molar refractivity (Wildman–Crippen MR) is 81.9 cm³/mol. The number of alkyl halides is 2. The van der Waals surface area contributed by atoms with E-state index in [1.54, 1.807) is 0 Å². The first kappa shape index (κ1) is 16.5. The minimum Gasteiger partial charge on any atom is -0.338 e. The van der Waals surface area contributed by atoms with Crippen LogP contribution in [0.15, 0.2) is 42.7 Å². The molecule has 0 saturated carbocycles. The van der Waals surface area contributed by atoms with Gasteiger partial charge in [-0.25, -0.2) is 9.78 Å². The SMILES string of the molecule is O=C(NCC#Cc1ccccc1)NCCc1nccn1C(F)F. The Labute approximate surface area is 132 Å². The number of urea groups is 1. The molecule has 2 aromatic rings. The molecule has 0 atom stereocenters. The maximum atomic E-state index is 12.6. The average molecular weight is 318 g/mol. The summed E-state index contributed by atoms with van der Waals surface area (Å²) in [5.74, 6) is 5.96. The molecule has 5 nitrogen and oxygen atoms in total. The molecule has 0 fully saturated rings. The molecule has 120 valence electrons. The topological polar surface area (TPSA) is 59.0 Å². The van der Waals surface area contributed by atoms with E-state index < -0.39 is 12.6 Å². The molecule has 0 saturated heterocycles. The molecule has 0 unspecified atom stereocenters. The second kappa shape index (κ2) is 8.54. The zero-order valence-electron chi connectivity index (χ0n) is 12.3. The first-order chi connectivity index (χ1) is 11.2. The molecule has 1 aromatic carbocycles. The third-order valence-corrected chi connectivity index (χ3v) is 2.94. The van der Waals surface area contributed by atoms with E-state index >= 15 is 0 Å². The zero-order chi connectivity index (χ0) is 16.5. The van der Waals surface area contributed by atoms with Crippen LogP contribution in [0.2, 0.25) is 0 Å². The van der Waals surface area contributed by atoms with Crippen molar-refractivity contribution in [2.24, 2.45) is 0 Å². The van der Waals surface area contributed by atoms with Gasteiger partial charge in [-0.05, 0) is 12.1 Å². The lowest BCUT2D eigenvalue weighted by atomic mass is 10.2. The fraction of sp³-hybridized carbons (Fsp3) is 0.250. The molecule has 7 heteroatoms. The highest BCUT2D eigenvalue weighted by atomic mass is 19.3. The number of hydrogen-bond acceptors (Lipinski definition) is 2. The van der Waals surface area contributed by atoms with Crippen molar-refractivity contribution in [2.75, 3.05) is 13.1 Å². The van der Waals surface area contributed by atoms with E-state index in [1.165, 1.54) is 12.4 Å². The normalized spacial score (nSPS) is 10.0. The Kier molecular flexibility index (Phi) is 6.12.